The summed E-state index contributed by atoms with van der Waals surface area (Å²) >= 11 is 0. The zero-order chi connectivity index (χ0) is 22.6. The maximum absolute atomic E-state index is 13.7. The van der Waals surface area contributed by atoms with Gasteiger partial charge in [-0.3, -0.25) is 4.79 Å². The molecule has 2 N–H and O–H groups in total. The molecule has 4 aromatic rings. The molecule has 1 atom stereocenters. The molecule has 9 nitrogen and oxygen atoms in total. The fourth-order valence-electron chi connectivity index (χ4n) is 3.91. The van der Waals surface area contributed by atoms with Crippen molar-refractivity contribution in [2.24, 2.45) is 0 Å². The average Bonchev–Trinajstić information content (AvgIpc) is 3.49. The zero-order valence-electron chi connectivity index (χ0n) is 17.3. The molecule has 32 heavy (non-hydrogen) atoms. The number of rotatable bonds is 4. The Kier molecular flexibility index (Phi) is 4.59. The first kappa shape index (κ1) is 20.3. The van der Waals surface area contributed by atoms with Crippen LogP contribution in [0.5, 0.6) is 0 Å². The molecule has 5 rings (SSSR count). The van der Waals surface area contributed by atoms with Crippen LogP contribution in [0.3, 0.4) is 0 Å². The van der Waals surface area contributed by atoms with Gasteiger partial charge in [-0.1, -0.05) is 6.07 Å². The molecule has 5 heterocycles. The minimum Gasteiger partial charge on any atom is -0.432 e. The van der Waals surface area contributed by atoms with E-state index in [9.17, 15) is 18.7 Å². The van der Waals surface area contributed by atoms with Crippen molar-refractivity contribution in [1.82, 2.24) is 29.5 Å². The summed E-state index contributed by atoms with van der Waals surface area (Å²) in [5.41, 5.74) is 0.371. The minimum absolute atomic E-state index is 0.230. The van der Waals surface area contributed by atoms with Crippen molar-refractivity contribution in [3.63, 3.8) is 0 Å². The van der Waals surface area contributed by atoms with Crippen LogP contribution in [0.25, 0.3) is 5.52 Å². The monoisotopic (exact) mass is 442 g/mol. The van der Waals surface area contributed by atoms with Gasteiger partial charge in [0.1, 0.15) is 11.6 Å². The Morgan fingerprint density at radius 1 is 1.38 bits per heavy atom. The van der Waals surface area contributed by atoms with Crippen LogP contribution in [0.1, 0.15) is 65.5 Å². The lowest BCUT2D eigenvalue weighted by molar-refractivity contribution is 0.0440. The lowest BCUT2D eigenvalue weighted by atomic mass is 9.99. The van der Waals surface area contributed by atoms with Gasteiger partial charge in [-0.15, -0.1) is 0 Å². The fourth-order valence-corrected chi connectivity index (χ4v) is 3.91. The van der Waals surface area contributed by atoms with Crippen molar-refractivity contribution < 1.29 is 23.1 Å². The molecule has 1 unspecified atom stereocenters. The zero-order valence-corrected chi connectivity index (χ0v) is 17.3. The molecule has 11 heteroatoms. The molecule has 0 aliphatic carbocycles. The highest BCUT2D eigenvalue weighted by molar-refractivity contribution is 5.93. The van der Waals surface area contributed by atoms with Gasteiger partial charge in [-0.25, -0.2) is 23.3 Å². The second-order valence-electron chi connectivity index (χ2n) is 8.15. The van der Waals surface area contributed by atoms with E-state index in [2.05, 4.69) is 20.1 Å². The first-order chi connectivity index (χ1) is 15.2. The number of aromatic amines is 1. The van der Waals surface area contributed by atoms with E-state index in [-0.39, 0.29) is 12.4 Å². The number of H-pyrrole nitrogens is 1. The van der Waals surface area contributed by atoms with Crippen LogP contribution in [0.15, 0.2) is 41.2 Å². The summed E-state index contributed by atoms with van der Waals surface area (Å²) in [5.74, 6) is -1.71. The van der Waals surface area contributed by atoms with Crippen LogP contribution < -0.4 is 0 Å². The number of hydrogen-bond donors (Lipinski definition) is 2. The number of nitrogens with zero attached hydrogens (tertiary/aromatic N) is 5. The van der Waals surface area contributed by atoms with E-state index < -0.39 is 35.4 Å². The van der Waals surface area contributed by atoms with Gasteiger partial charge < -0.3 is 19.4 Å². The summed E-state index contributed by atoms with van der Waals surface area (Å²) in [7, 11) is 0. The van der Waals surface area contributed by atoms with Gasteiger partial charge in [0, 0.05) is 24.9 Å². The number of hydrogen-bond acceptors (Lipinski definition) is 6. The normalized spacial score (nSPS) is 16.7. The minimum atomic E-state index is -3.05. The molecule has 1 aliphatic rings. The molecule has 0 spiro atoms. The van der Waals surface area contributed by atoms with Crippen LogP contribution in [-0.2, 0) is 12.0 Å². The maximum Gasteiger partial charge on any atom is 0.292 e. The van der Waals surface area contributed by atoms with Gasteiger partial charge in [0.15, 0.2) is 5.69 Å². The number of nitrogens with one attached hydrogen (secondary N) is 1. The van der Waals surface area contributed by atoms with Crippen LogP contribution in [-0.4, -0.2) is 47.0 Å². The first-order valence-corrected chi connectivity index (χ1v) is 10.0. The molecule has 0 saturated heterocycles. The molecule has 4 aromatic heterocycles. The SMILES string of the molecule is CC(C)(O)c1nc(C(F)F)c(C(=O)N2CCc3[nH]cnc3C2c2cc3ccccn3n2)o1. The number of aliphatic hydroxyl groups is 1. The van der Waals surface area contributed by atoms with E-state index in [4.69, 9.17) is 4.42 Å². The van der Waals surface area contributed by atoms with E-state index in [1.54, 1.807) is 10.7 Å². The van der Waals surface area contributed by atoms with Crippen molar-refractivity contribution in [2.45, 2.75) is 38.3 Å². The summed E-state index contributed by atoms with van der Waals surface area (Å²) in [6.45, 7) is 2.92. The molecule has 1 amide bonds. The van der Waals surface area contributed by atoms with Crippen molar-refractivity contribution in [3.05, 3.63) is 71.2 Å². The standard InChI is InChI=1S/C21H20F2N6O3/c1-21(2,31)20-26-15(18(22)23)17(32-20)19(30)28-8-6-12-14(25-10-24-12)16(28)13-9-11-5-3-4-7-29(11)27-13/h3-5,7,9-10,16,18,31H,6,8H2,1-2H3,(H,24,25). The van der Waals surface area contributed by atoms with E-state index in [1.807, 2.05) is 24.3 Å². The Bertz CT molecular complexity index is 1270. The molecule has 1 aliphatic heterocycles. The second kappa shape index (κ2) is 7.23. The van der Waals surface area contributed by atoms with Crippen molar-refractivity contribution >= 4 is 11.4 Å². The molecule has 0 saturated carbocycles. The summed E-state index contributed by atoms with van der Waals surface area (Å²) < 4.78 is 34.4. The van der Waals surface area contributed by atoms with Crippen molar-refractivity contribution in [1.29, 1.82) is 0 Å². The number of fused-ring (bicyclic) bond motifs is 2. The lowest BCUT2D eigenvalue weighted by Crippen LogP contribution is -2.41. The molecule has 0 fully saturated rings. The molecule has 0 aromatic carbocycles. The molecular formula is C21H20F2N6O3. The number of halogens is 2. The van der Waals surface area contributed by atoms with Gasteiger partial charge in [0.2, 0.25) is 11.7 Å². The van der Waals surface area contributed by atoms with Crippen molar-refractivity contribution in [3.8, 4) is 0 Å². The smallest absolute Gasteiger partial charge is 0.292 e. The first-order valence-electron chi connectivity index (χ1n) is 10.0. The summed E-state index contributed by atoms with van der Waals surface area (Å²) in [4.78, 5) is 26.1. The van der Waals surface area contributed by atoms with Gasteiger partial charge >= 0.3 is 0 Å². The molecule has 166 valence electrons. The number of alkyl halides is 2. The largest absolute Gasteiger partial charge is 0.432 e. The van der Waals surface area contributed by atoms with E-state index in [1.165, 1.54) is 25.1 Å². The van der Waals surface area contributed by atoms with Crippen LogP contribution in [0.2, 0.25) is 0 Å². The number of imidazole rings is 1. The third kappa shape index (κ3) is 3.25. The topological polar surface area (TPSA) is 113 Å². The Morgan fingerprint density at radius 2 is 2.19 bits per heavy atom. The second-order valence-corrected chi connectivity index (χ2v) is 8.15. The number of pyridine rings is 1. The van der Waals surface area contributed by atoms with Crippen LogP contribution in [0, 0.1) is 0 Å². The van der Waals surface area contributed by atoms with Crippen LogP contribution >= 0.6 is 0 Å². The highest BCUT2D eigenvalue weighted by Crippen LogP contribution is 2.36. The fraction of sp³-hybridized carbons (Fsp3) is 0.333. The Morgan fingerprint density at radius 3 is 2.91 bits per heavy atom. The van der Waals surface area contributed by atoms with Gasteiger partial charge in [-0.2, -0.15) is 5.10 Å². The summed E-state index contributed by atoms with van der Waals surface area (Å²) in [6, 6.07) is 6.68. The van der Waals surface area contributed by atoms with Gasteiger partial charge in [0.05, 0.1) is 23.2 Å². The number of carbonyl (C=O) groups excluding carboxylic acids is 1. The van der Waals surface area contributed by atoms with Crippen molar-refractivity contribution in [2.75, 3.05) is 6.54 Å². The number of oxazole rings is 1. The number of carbonyl (C=O) groups is 1. The van der Waals surface area contributed by atoms with E-state index in [0.29, 0.717) is 17.8 Å². The molecule has 0 bridgehead atoms. The highest BCUT2D eigenvalue weighted by atomic mass is 19.3. The third-order valence-electron chi connectivity index (χ3n) is 5.43. The summed E-state index contributed by atoms with van der Waals surface area (Å²) in [6.07, 6.45) is 0.724. The predicted molar refractivity (Wildman–Crippen MR) is 107 cm³/mol. The maximum atomic E-state index is 13.7. The van der Waals surface area contributed by atoms with Gasteiger partial charge in [0.25, 0.3) is 12.3 Å². The number of aromatic nitrogens is 5. The summed E-state index contributed by atoms with van der Waals surface area (Å²) in [5, 5.41) is 14.7. The predicted octanol–water partition coefficient (Wildman–Crippen LogP) is 3.00. The number of amides is 1. The molecular weight excluding hydrogens is 422 g/mol. The van der Waals surface area contributed by atoms with E-state index in [0.717, 1.165) is 11.2 Å². The van der Waals surface area contributed by atoms with E-state index >= 15 is 0 Å². The third-order valence-corrected chi connectivity index (χ3v) is 5.43. The Balaban J connectivity index is 1.62. The molecule has 0 radical (unpaired) electrons. The average molecular weight is 442 g/mol. The lowest BCUT2D eigenvalue weighted by Gasteiger charge is -2.33. The quantitative estimate of drug-likeness (QED) is 0.503. The van der Waals surface area contributed by atoms with Gasteiger partial charge in [-0.05, 0) is 32.0 Å². The highest BCUT2D eigenvalue weighted by Gasteiger charge is 2.40. The Hall–Kier alpha value is -3.60. The Labute approximate surface area is 180 Å². The van der Waals surface area contributed by atoms with Crippen LogP contribution in [0.4, 0.5) is 8.78 Å².